The molecular formula is C19H21N3O4S. The first-order chi connectivity index (χ1) is 13.1. The van der Waals surface area contributed by atoms with Crippen LogP contribution in [0.15, 0.2) is 56.6 Å². The third-order valence-corrected chi connectivity index (χ3v) is 6.89. The van der Waals surface area contributed by atoms with E-state index in [4.69, 9.17) is 8.83 Å². The van der Waals surface area contributed by atoms with Gasteiger partial charge in [-0.05, 0) is 43.0 Å². The molecule has 3 aromatic rings. The summed E-state index contributed by atoms with van der Waals surface area (Å²) in [6.07, 6.45) is 5.29. The van der Waals surface area contributed by atoms with Crippen molar-refractivity contribution in [3.63, 3.8) is 0 Å². The molecule has 3 heterocycles. The summed E-state index contributed by atoms with van der Waals surface area (Å²) >= 11 is 0. The lowest BCUT2D eigenvalue weighted by molar-refractivity contribution is 0.291. The molecule has 0 radical (unpaired) electrons. The van der Waals surface area contributed by atoms with Gasteiger partial charge in [0.25, 0.3) is 5.89 Å². The largest absolute Gasteiger partial charge is 0.472 e. The number of aromatic nitrogens is 2. The molecule has 0 atom stereocenters. The summed E-state index contributed by atoms with van der Waals surface area (Å²) in [5.41, 5.74) is 1.86. The lowest BCUT2D eigenvalue weighted by atomic mass is 9.98. The van der Waals surface area contributed by atoms with Gasteiger partial charge in [-0.25, -0.2) is 8.42 Å². The molecule has 1 aliphatic heterocycles. The molecule has 0 aliphatic carbocycles. The topological polar surface area (TPSA) is 89.4 Å². The third-order valence-electron chi connectivity index (χ3n) is 4.98. The number of hydrogen-bond acceptors (Lipinski definition) is 6. The van der Waals surface area contributed by atoms with E-state index in [1.807, 2.05) is 19.1 Å². The Balaban J connectivity index is 1.43. The first kappa shape index (κ1) is 17.9. The van der Waals surface area contributed by atoms with Gasteiger partial charge in [-0.3, -0.25) is 0 Å². The zero-order valence-electron chi connectivity index (χ0n) is 15.0. The predicted molar refractivity (Wildman–Crippen MR) is 98.6 cm³/mol. The average molecular weight is 387 g/mol. The van der Waals surface area contributed by atoms with Crippen molar-refractivity contribution in [1.29, 1.82) is 0 Å². The Morgan fingerprint density at radius 2 is 1.85 bits per heavy atom. The van der Waals surface area contributed by atoms with Crippen molar-refractivity contribution in [3.05, 3.63) is 54.3 Å². The van der Waals surface area contributed by atoms with Crippen LogP contribution < -0.4 is 0 Å². The summed E-state index contributed by atoms with van der Waals surface area (Å²) in [5, 5.41) is 8.19. The van der Waals surface area contributed by atoms with Crippen molar-refractivity contribution in [2.75, 3.05) is 13.1 Å². The molecule has 1 aliphatic rings. The molecule has 142 valence electrons. The number of sulfonamides is 1. The highest BCUT2D eigenvalue weighted by Gasteiger charge is 2.32. The second kappa shape index (κ2) is 7.28. The Bertz CT molecular complexity index is 986. The summed E-state index contributed by atoms with van der Waals surface area (Å²) in [6, 6.07) is 8.88. The molecule has 8 heteroatoms. The van der Waals surface area contributed by atoms with Gasteiger partial charge in [0.05, 0.1) is 16.7 Å². The molecule has 2 aromatic heterocycles. The molecule has 0 amide bonds. The van der Waals surface area contributed by atoms with Gasteiger partial charge in [0.2, 0.25) is 15.9 Å². The van der Waals surface area contributed by atoms with Gasteiger partial charge < -0.3 is 8.83 Å². The summed E-state index contributed by atoms with van der Waals surface area (Å²) < 4.78 is 38.0. The fourth-order valence-electron chi connectivity index (χ4n) is 3.29. The van der Waals surface area contributed by atoms with Gasteiger partial charge >= 0.3 is 0 Å². The number of aryl methyl sites for hydroxylation is 1. The van der Waals surface area contributed by atoms with Crippen LogP contribution in [0.4, 0.5) is 0 Å². The lowest BCUT2D eigenvalue weighted by Gasteiger charge is -2.29. The fourth-order valence-corrected chi connectivity index (χ4v) is 4.76. The third kappa shape index (κ3) is 3.54. The SMILES string of the molecule is CCc1ccc(S(=O)(=O)N2CCC(c3nnc(-c4ccoc4)o3)CC2)cc1. The number of hydrogen-bond donors (Lipinski definition) is 0. The molecule has 0 N–H and O–H groups in total. The Morgan fingerprint density at radius 3 is 2.48 bits per heavy atom. The molecule has 0 spiro atoms. The van der Waals surface area contributed by atoms with Gasteiger partial charge in [-0.2, -0.15) is 4.31 Å². The zero-order chi connectivity index (χ0) is 18.9. The van der Waals surface area contributed by atoms with Gasteiger partial charge in [-0.15, -0.1) is 10.2 Å². The van der Waals surface area contributed by atoms with E-state index < -0.39 is 10.0 Å². The van der Waals surface area contributed by atoms with E-state index >= 15 is 0 Å². The maximum atomic E-state index is 12.9. The highest BCUT2D eigenvalue weighted by Crippen LogP contribution is 2.31. The van der Waals surface area contributed by atoms with Crippen LogP contribution in [0, 0.1) is 0 Å². The minimum atomic E-state index is -3.47. The number of nitrogens with zero attached hydrogens (tertiary/aromatic N) is 3. The molecule has 0 saturated carbocycles. The van der Waals surface area contributed by atoms with Crippen molar-refractivity contribution in [2.24, 2.45) is 0 Å². The second-order valence-electron chi connectivity index (χ2n) is 6.63. The standard InChI is InChI=1S/C19H21N3O4S/c1-2-14-3-5-17(6-4-14)27(23,24)22-10-7-15(8-11-22)18-20-21-19(26-18)16-9-12-25-13-16/h3-6,9,12-13,15H,2,7-8,10-11H2,1H3. The van der Waals surface area contributed by atoms with Crippen molar-refractivity contribution in [2.45, 2.75) is 37.0 Å². The maximum Gasteiger partial charge on any atom is 0.250 e. The van der Waals surface area contributed by atoms with Crippen LogP contribution in [0.1, 0.15) is 37.1 Å². The monoisotopic (exact) mass is 387 g/mol. The van der Waals surface area contributed by atoms with Crippen LogP contribution in [0.3, 0.4) is 0 Å². The first-order valence-corrected chi connectivity index (χ1v) is 10.5. The molecule has 4 rings (SSSR count). The van der Waals surface area contributed by atoms with E-state index in [1.165, 1.54) is 4.31 Å². The summed E-state index contributed by atoms with van der Waals surface area (Å²) in [5.74, 6) is 1.03. The average Bonchev–Trinajstić information content (AvgIpc) is 3.40. The van der Waals surface area contributed by atoms with E-state index in [2.05, 4.69) is 10.2 Å². The van der Waals surface area contributed by atoms with Crippen LogP contribution in [-0.4, -0.2) is 36.0 Å². The Labute approximate surface area is 158 Å². The van der Waals surface area contributed by atoms with Crippen LogP contribution in [0.2, 0.25) is 0 Å². The van der Waals surface area contributed by atoms with Gasteiger partial charge in [-0.1, -0.05) is 19.1 Å². The number of benzene rings is 1. The normalized spacial score (nSPS) is 16.6. The van der Waals surface area contributed by atoms with Crippen LogP contribution in [0.25, 0.3) is 11.5 Å². The van der Waals surface area contributed by atoms with Crippen LogP contribution in [-0.2, 0) is 16.4 Å². The predicted octanol–water partition coefficient (Wildman–Crippen LogP) is 3.46. The Kier molecular flexibility index (Phi) is 4.84. The highest BCUT2D eigenvalue weighted by molar-refractivity contribution is 7.89. The molecular weight excluding hydrogens is 366 g/mol. The summed E-state index contributed by atoms with van der Waals surface area (Å²) in [4.78, 5) is 0.346. The highest BCUT2D eigenvalue weighted by atomic mass is 32.2. The molecule has 7 nitrogen and oxygen atoms in total. The smallest absolute Gasteiger partial charge is 0.250 e. The van der Waals surface area contributed by atoms with Crippen molar-refractivity contribution in [1.82, 2.24) is 14.5 Å². The number of piperidine rings is 1. The molecule has 1 saturated heterocycles. The number of furan rings is 1. The van der Waals surface area contributed by atoms with Crippen molar-refractivity contribution < 1.29 is 17.3 Å². The van der Waals surface area contributed by atoms with Crippen LogP contribution >= 0.6 is 0 Å². The molecule has 0 unspecified atom stereocenters. The van der Waals surface area contributed by atoms with E-state index in [0.29, 0.717) is 42.6 Å². The Morgan fingerprint density at radius 1 is 1.11 bits per heavy atom. The summed E-state index contributed by atoms with van der Waals surface area (Å²) in [7, 11) is -3.47. The quantitative estimate of drug-likeness (QED) is 0.666. The minimum Gasteiger partial charge on any atom is -0.472 e. The number of rotatable bonds is 5. The minimum absolute atomic E-state index is 0.0621. The Hall–Kier alpha value is -2.45. The van der Waals surface area contributed by atoms with Crippen molar-refractivity contribution >= 4 is 10.0 Å². The maximum absolute atomic E-state index is 12.9. The second-order valence-corrected chi connectivity index (χ2v) is 8.57. The van der Waals surface area contributed by atoms with Gasteiger partial charge in [0.1, 0.15) is 6.26 Å². The molecule has 1 aromatic carbocycles. The van der Waals surface area contributed by atoms with Gasteiger partial charge in [0, 0.05) is 19.0 Å². The van der Waals surface area contributed by atoms with Gasteiger partial charge in [0.15, 0.2) is 0 Å². The summed E-state index contributed by atoms with van der Waals surface area (Å²) in [6.45, 7) is 2.92. The van der Waals surface area contributed by atoms with E-state index in [1.54, 1.807) is 30.7 Å². The molecule has 0 bridgehead atoms. The van der Waals surface area contributed by atoms with E-state index in [0.717, 1.165) is 17.5 Å². The van der Waals surface area contributed by atoms with Crippen molar-refractivity contribution in [3.8, 4) is 11.5 Å². The zero-order valence-corrected chi connectivity index (χ0v) is 15.9. The lowest BCUT2D eigenvalue weighted by Crippen LogP contribution is -2.37. The van der Waals surface area contributed by atoms with Crippen LogP contribution in [0.5, 0.6) is 0 Å². The first-order valence-electron chi connectivity index (χ1n) is 9.03. The fraction of sp³-hybridized carbons (Fsp3) is 0.368. The van der Waals surface area contributed by atoms with E-state index in [-0.39, 0.29) is 5.92 Å². The molecule has 1 fully saturated rings. The molecule has 27 heavy (non-hydrogen) atoms. The van der Waals surface area contributed by atoms with E-state index in [9.17, 15) is 8.42 Å².